The molecule has 11 nitrogen and oxygen atoms in total. The summed E-state index contributed by atoms with van der Waals surface area (Å²) in [5.41, 5.74) is 20.1. The second-order valence-corrected chi connectivity index (χ2v) is 24.9. The smallest absolute Gasteiger partial charge is 0.188 e. The predicted molar refractivity (Wildman–Crippen MR) is 381 cm³/mol. The highest BCUT2D eigenvalue weighted by Crippen LogP contribution is 2.63. The van der Waals surface area contributed by atoms with Crippen LogP contribution in [0.4, 0.5) is 11.4 Å². The molecule has 0 amide bonds. The van der Waals surface area contributed by atoms with Crippen molar-refractivity contribution < 1.29 is 4.74 Å². The van der Waals surface area contributed by atoms with Gasteiger partial charge in [0.25, 0.3) is 0 Å². The summed E-state index contributed by atoms with van der Waals surface area (Å²) in [7, 11) is 0. The van der Waals surface area contributed by atoms with Gasteiger partial charge in [0.2, 0.25) is 0 Å². The molecule has 2 aliphatic rings. The first-order valence-corrected chi connectivity index (χ1v) is 31.7. The number of hydrogen-bond donors (Lipinski definition) is 0. The van der Waals surface area contributed by atoms with Crippen LogP contribution >= 0.6 is 0 Å². The van der Waals surface area contributed by atoms with E-state index < -0.39 is 5.41 Å². The van der Waals surface area contributed by atoms with Gasteiger partial charge in [0, 0.05) is 88.6 Å². The fraction of sp³-hybridized carbons (Fsp3) is 0.0119. The third kappa shape index (κ3) is 6.81. The molecule has 438 valence electrons. The minimum atomic E-state index is -1.18. The van der Waals surface area contributed by atoms with E-state index in [4.69, 9.17) is 32.8 Å². The predicted octanol–water partition coefficient (Wildman–Crippen LogP) is 20.9. The van der Waals surface area contributed by atoms with Gasteiger partial charge >= 0.3 is 0 Å². The molecule has 0 saturated carbocycles. The Morgan fingerprint density at radius 3 is 1.04 bits per heavy atom. The quantitative estimate of drug-likeness (QED) is 0.161. The number of fused-ring (bicyclic) bond motifs is 24. The van der Waals surface area contributed by atoms with Crippen LogP contribution in [-0.2, 0) is 5.41 Å². The fourth-order valence-electron chi connectivity index (χ4n) is 16.5. The fourth-order valence-corrected chi connectivity index (χ4v) is 16.5. The summed E-state index contributed by atoms with van der Waals surface area (Å²) in [6, 6.07) is 90.6. The average molecular weight is 1210 g/mol. The van der Waals surface area contributed by atoms with E-state index in [9.17, 15) is 0 Å². The minimum Gasteiger partial charge on any atom is -0.457 e. The highest BCUT2D eigenvalue weighted by molar-refractivity contribution is 6.15. The van der Waals surface area contributed by atoms with E-state index in [0.717, 1.165) is 160 Å². The van der Waals surface area contributed by atoms with Gasteiger partial charge in [0.1, 0.15) is 11.5 Å². The van der Waals surface area contributed by atoms with Gasteiger partial charge in [-0.05, 0) is 144 Å². The van der Waals surface area contributed by atoms with Crippen LogP contribution in [0.5, 0.6) is 11.5 Å². The molecule has 0 fully saturated rings. The normalized spacial score (nSPS) is 14.0. The van der Waals surface area contributed by atoms with Gasteiger partial charge in [0.15, 0.2) is 11.4 Å². The van der Waals surface area contributed by atoms with E-state index in [0.29, 0.717) is 22.9 Å². The summed E-state index contributed by atoms with van der Waals surface area (Å²) in [5.74, 6) is 1.40. The Bertz CT molecular complexity index is 6530. The molecule has 1 atom stereocenters. The highest BCUT2D eigenvalue weighted by Gasteiger charge is 2.54. The first kappa shape index (κ1) is 51.4. The number of nitrogens with zero attached hydrogens (tertiary/aromatic N) is 10. The van der Waals surface area contributed by atoms with Crippen LogP contribution in [-0.4, -0.2) is 37.8 Å². The van der Waals surface area contributed by atoms with Gasteiger partial charge in [0.05, 0.1) is 115 Å². The summed E-state index contributed by atoms with van der Waals surface area (Å²) < 4.78 is 19.2. The molecule has 11 heteroatoms. The van der Waals surface area contributed by atoms with Crippen molar-refractivity contribution in [1.29, 1.82) is 0 Å². The molecule has 0 N–H and O–H groups in total. The maximum absolute atomic E-state index is 8.09. The topological polar surface area (TPSA) is 81.3 Å². The van der Waals surface area contributed by atoms with Crippen LogP contribution in [0.1, 0.15) is 22.3 Å². The van der Waals surface area contributed by atoms with Crippen molar-refractivity contribution in [1.82, 2.24) is 37.8 Å². The Kier molecular flexibility index (Phi) is 10.2. The minimum absolute atomic E-state index is 0.518. The third-order valence-electron chi connectivity index (χ3n) is 20.3. The Labute approximate surface area is 541 Å². The Morgan fingerprint density at radius 1 is 0.284 bits per heavy atom. The molecule has 0 saturated heterocycles. The van der Waals surface area contributed by atoms with Gasteiger partial charge in [-0.25, -0.2) is 9.69 Å². The van der Waals surface area contributed by atoms with Gasteiger partial charge in [-0.15, -0.1) is 0 Å². The van der Waals surface area contributed by atoms with Crippen LogP contribution in [0.2, 0.25) is 0 Å². The zero-order valence-corrected chi connectivity index (χ0v) is 50.4. The molecule has 0 bridgehead atoms. The SMILES string of the molecule is [C-]#[N+]c1ccc2c(c1)c1cc([N+]#[C-])ccc1n2-c1cnc2c(c1)C1(c3cc(-n4c5ccccc5c5cc(-n6c7ccccc7c7ccccc76)ccc54)ccc3Oc3ccc(-n4c5ccccc5c5ccncc54)cc31)c1cc(-n3c4ccccc4c4ccccc43)cnc1-2. The first-order chi connectivity index (χ1) is 47.0. The lowest BCUT2D eigenvalue weighted by Gasteiger charge is -2.39. The zero-order chi connectivity index (χ0) is 62.4. The van der Waals surface area contributed by atoms with Crippen LogP contribution in [0.3, 0.4) is 0 Å². The number of pyridine rings is 3. The van der Waals surface area contributed by atoms with Gasteiger partial charge in [-0.3, -0.25) is 15.0 Å². The number of ether oxygens (including phenoxy) is 1. The summed E-state index contributed by atoms with van der Waals surface area (Å²) in [6.07, 6.45) is 7.80. The van der Waals surface area contributed by atoms with Crippen LogP contribution < -0.4 is 4.74 Å². The lowest BCUT2D eigenvalue weighted by atomic mass is 9.66. The average Bonchev–Trinajstić information content (AvgIpc) is 1.57. The lowest BCUT2D eigenvalue weighted by molar-refractivity contribution is 0.436. The molecule has 1 aliphatic carbocycles. The van der Waals surface area contributed by atoms with E-state index in [1.54, 1.807) is 0 Å². The molecule has 1 spiro atoms. The zero-order valence-electron chi connectivity index (χ0n) is 50.4. The number of rotatable bonds is 5. The van der Waals surface area contributed by atoms with E-state index in [-0.39, 0.29) is 0 Å². The van der Waals surface area contributed by atoms with Crippen LogP contribution in [0.15, 0.2) is 280 Å². The summed E-state index contributed by atoms with van der Waals surface area (Å²) >= 11 is 0. The molecular formula is C84H46N10O. The standard InChI is InChI=1S/C84H46N10O/c1-85-49-27-32-76-63(39-49)64-40-50(86-2)28-33-77(64)94(76)55-45-69-83(89-47-55)82-68(44-54(46-88-82)93-73-24-12-5-17-58(73)59-18-6-13-25-74(59)93)84(69)66-42-52(30-35-80(66)95-81-36-31-53(43-67(81)84)92-72-23-11-7-19-60(72)62-37-38-87-48-79(62)92)91-75-26-14-8-20-61(75)65-41-51(29-34-78(65)91)90-70-21-9-3-15-56(70)57-16-4-10-22-71(57)90/h3-48H. The molecule has 8 aromatic heterocycles. The first-order valence-electron chi connectivity index (χ1n) is 31.7. The van der Waals surface area contributed by atoms with Crippen LogP contribution in [0.25, 0.3) is 159 Å². The van der Waals surface area contributed by atoms with Gasteiger partial charge in [-0.2, -0.15) is 0 Å². The summed E-state index contributed by atoms with van der Waals surface area (Å²) in [6.45, 7) is 16.2. The Balaban J connectivity index is 0.885. The van der Waals surface area contributed by atoms with Gasteiger partial charge in [-0.1, -0.05) is 121 Å². The summed E-state index contributed by atoms with van der Waals surface area (Å²) in [4.78, 5) is 23.8. The molecular weight excluding hydrogens is 1160 g/mol. The van der Waals surface area contributed by atoms with E-state index in [1.807, 2.05) is 61.2 Å². The van der Waals surface area contributed by atoms with Gasteiger partial charge < -0.3 is 27.6 Å². The van der Waals surface area contributed by atoms with Crippen molar-refractivity contribution in [3.05, 3.63) is 325 Å². The van der Waals surface area contributed by atoms with Crippen molar-refractivity contribution in [3.8, 4) is 51.3 Å². The van der Waals surface area contributed by atoms with Crippen molar-refractivity contribution in [2.45, 2.75) is 5.41 Å². The van der Waals surface area contributed by atoms with E-state index in [2.05, 4.69) is 251 Å². The Hall–Kier alpha value is -13.4. The van der Waals surface area contributed by atoms with Crippen LogP contribution in [0, 0.1) is 13.1 Å². The van der Waals surface area contributed by atoms with Crippen molar-refractivity contribution in [3.63, 3.8) is 0 Å². The molecule has 11 aromatic carbocycles. The maximum Gasteiger partial charge on any atom is 0.188 e. The number of para-hydroxylation sites is 6. The van der Waals surface area contributed by atoms with E-state index in [1.165, 1.54) is 10.8 Å². The third-order valence-corrected chi connectivity index (χ3v) is 20.3. The lowest BCUT2D eigenvalue weighted by Crippen LogP contribution is -2.33. The molecule has 1 unspecified atom stereocenters. The number of benzene rings is 11. The number of aromatic nitrogens is 8. The second kappa shape index (κ2) is 18.9. The van der Waals surface area contributed by atoms with E-state index >= 15 is 0 Å². The maximum atomic E-state index is 8.09. The molecule has 21 rings (SSSR count). The second-order valence-electron chi connectivity index (χ2n) is 24.9. The largest absolute Gasteiger partial charge is 0.457 e. The summed E-state index contributed by atoms with van der Waals surface area (Å²) in [5, 5.41) is 11.0. The molecule has 0 radical (unpaired) electrons. The number of hydrogen-bond acceptors (Lipinski definition) is 4. The van der Waals surface area contributed by atoms with Crippen molar-refractivity contribution in [2.24, 2.45) is 0 Å². The van der Waals surface area contributed by atoms with Crippen molar-refractivity contribution in [2.75, 3.05) is 0 Å². The molecule has 95 heavy (non-hydrogen) atoms. The molecule has 9 heterocycles. The monoisotopic (exact) mass is 1210 g/mol. The highest BCUT2D eigenvalue weighted by atomic mass is 16.5. The van der Waals surface area contributed by atoms with Crippen molar-refractivity contribution >= 4 is 120 Å². The molecule has 1 aliphatic heterocycles. The Morgan fingerprint density at radius 2 is 0.611 bits per heavy atom. The molecule has 19 aromatic rings.